The van der Waals surface area contributed by atoms with Gasteiger partial charge in [0.2, 0.25) is 5.76 Å². The molecule has 1 aromatic carbocycles. The van der Waals surface area contributed by atoms with Gasteiger partial charge in [0.05, 0.1) is 4.92 Å². The summed E-state index contributed by atoms with van der Waals surface area (Å²) in [7, 11) is 0. The summed E-state index contributed by atoms with van der Waals surface area (Å²) < 4.78 is 10.6. The highest BCUT2D eigenvalue weighted by molar-refractivity contribution is 6.30. The molecule has 0 aliphatic heterocycles. The minimum Gasteiger partial charge on any atom is -0.457 e. The van der Waals surface area contributed by atoms with E-state index in [1.807, 2.05) is 12.1 Å². The van der Waals surface area contributed by atoms with Crippen LogP contribution in [-0.4, -0.2) is 10.1 Å². The highest BCUT2D eigenvalue weighted by atomic mass is 35.5. The molecule has 0 unspecified atom stereocenters. The Morgan fingerprint density at radius 3 is 2.83 bits per heavy atom. The first kappa shape index (κ1) is 15.1. The summed E-state index contributed by atoms with van der Waals surface area (Å²) in [6.45, 7) is 1.52. The number of hydrogen-bond donors (Lipinski definition) is 0. The van der Waals surface area contributed by atoms with E-state index in [1.54, 1.807) is 30.3 Å². The molecular weight excluding hydrogens is 320 g/mol. The molecular formula is C16H11ClN2O4. The molecule has 0 bridgehead atoms. The van der Waals surface area contributed by atoms with E-state index in [0.29, 0.717) is 16.5 Å². The third-order valence-corrected chi connectivity index (χ3v) is 3.41. The topological polar surface area (TPSA) is 82.3 Å². The van der Waals surface area contributed by atoms with E-state index in [1.165, 1.54) is 13.0 Å². The molecule has 2 heterocycles. The van der Waals surface area contributed by atoms with E-state index in [-0.39, 0.29) is 17.1 Å². The first-order valence-corrected chi connectivity index (χ1v) is 7.07. The lowest BCUT2D eigenvalue weighted by molar-refractivity contribution is -0.386. The molecule has 0 aliphatic carbocycles. The summed E-state index contributed by atoms with van der Waals surface area (Å²) >= 11 is 5.95. The Balaban J connectivity index is 1.86. The van der Waals surface area contributed by atoms with E-state index in [0.717, 1.165) is 5.56 Å². The highest BCUT2D eigenvalue weighted by Gasteiger charge is 2.22. The van der Waals surface area contributed by atoms with Crippen LogP contribution in [0.2, 0.25) is 5.02 Å². The molecule has 0 N–H and O–H groups in total. The van der Waals surface area contributed by atoms with Crippen molar-refractivity contribution < 1.29 is 13.9 Å². The number of rotatable bonds is 4. The van der Waals surface area contributed by atoms with E-state index < -0.39 is 4.92 Å². The summed E-state index contributed by atoms with van der Waals surface area (Å²) in [5.74, 6) is 1.26. The molecule has 0 atom stereocenters. The molecule has 0 aliphatic rings. The Morgan fingerprint density at radius 2 is 2.09 bits per heavy atom. The van der Waals surface area contributed by atoms with Crippen LogP contribution in [0, 0.1) is 17.0 Å². The third-order valence-electron chi connectivity index (χ3n) is 3.17. The van der Waals surface area contributed by atoms with Gasteiger partial charge in [0.25, 0.3) is 0 Å². The lowest BCUT2D eigenvalue weighted by atomic mass is 10.2. The van der Waals surface area contributed by atoms with Crippen LogP contribution < -0.4 is 0 Å². The Morgan fingerprint density at radius 1 is 1.26 bits per heavy atom. The monoisotopic (exact) mass is 330 g/mol. The Kier molecular flexibility index (Phi) is 3.99. The van der Waals surface area contributed by atoms with Gasteiger partial charge in [0, 0.05) is 10.6 Å². The first-order chi connectivity index (χ1) is 11.0. The molecule has 3 rings (SSSR count). The van der Waals surface area contributed by atoms with Crippen LogP contribution in [0.5, 0.6) is 0 Å². The Labute approximate surface area is 136 Å². The number of aromatic nitrogens is 1. The van der Waals surface area contributed by atoms with Gasteiger partial charge in [0.1, 0.15) is 11.5 Å². The standard InChI is InChI=1S/C16H11ClN2O4/c1-10-16(19(20)21)15(23-18-10)8-6-13-5-7-14(22-13)11-3-2-4-12(17)9-11/h2-9H,1H3. The maximum atomic E-state index is 11.0. The molecule has 0 amide bonds. The molecule has 0 radical (unpaired) electrons. The summed E-state index contributed by atoms with van der Waals surface area (Å²) in [5, 5.41) is 15.2. The third kappa shape index (κ3) is 3.17. The quantitative estimate of drug-likeness (QED) is 0.498. The summed E-state index contributed by atoms with van der Waals surface area (Å²) in [6, 6.07) is 10.8. The number of benzene rings is 1. The van der Waals surface area contributed by atoms with Crippen LogP contribution in [-0.2, 0) is 0 Å². The van der Waals surface area contributed by atoms with Gasteiger partial charge in [0.15, 0.2) is 5.69 Å². The molecule has 7 heteroatoms. The van der Waals surface area contributed by atoms with Gasteiger partial charge in [-0.2, -0.15) is 0 Å². The zero-order chi connectivity index (χ0) is 16.4. The maximum Gasteiger partial charge on any atom is 0.338 e. The largest absolute Gasteiger partial charge is 0.457 e. The Hall–Kier alpha value is -2.86. The fourth-order valence-electron chi connectivity index (χ4n) is 2.11. The average molecular weight is 331 g/mol. The summed E-state index contributed by atoms with van der Waals surface area (Å²) in [5.41, 5.74) is 0.926. The van der Waals surface area contributed by atoms with Crippen molar-refractivity contribution >= 4 is 29.4 Å². The number of halogens is 1. The van der Waals surface area contributed by atoms with Crippen molar-refractivity contribution in [1.29, 1.82) is 0 Å². The summed E-state index contributed by atoms with van der Waals surface area (Å²) in [6.07, 6.45) is 3.04. The molecule has 3 aromatic rings. The van der Waals surface area contributed by atoms with Gasteiger partial charge in [-0.05, 0) is 43.3 Å². The van der Waals surface area contributed by atoms with Crippen LogP contribution in [0.15, 0.2) is 45.3 Å². The second-order valence-corrected chi connectivity index (χ2v) is 5.22. The number of nitrogens with zero attached hydrogens (tertiary/aromatic N) is 2. The maximum absolute atomic E-state index is 11.0. The van der Waals surface area contributed by atoms with Gasteiger partial charge in [-0.1, -0.05) is 28.9 Å². The normalized spacial score (nSPS) is 11.2. The predicted octanol–water partition coefficient (Wildman–Crippen LogP) is 4.98. The first-order valence-electron chi connectivity index (χ1n) is 6.69. The van der Waals surface area contributed by atoms with E-state index >= 15 is 0 Å². The zero-order valence-corrected chi connectivity index (χ0v) is 12.8. The van der Waals surface area contributed by atoms with Crippen LogP contribution in [0.4, 0.5) is 5.69 Å². The van der Waals surface area contributed by atoms with Gasteiger partial charge in [-0.25, -0.2) is 0 Å². The second-order valence-electron chi connectivity index (χ2n) is 4.78. The molecule has 23 heavy (non-hydrogen) atoms. The highest BCUT2D eigenvalue weighted by Crippen LogP contribution is 2.27. The SMILES string of the molecule is Cc1noc(C=Cc2ccc(-c3cccc(Cl)c3)o2)c1[N+](=O)[O-]. The fraction of sp³-hybridized carbons (Fsp3) is 0.0625. The van der Waals surface area contributed by atoms with Crippen molar-refractivity contribution in [2.24, 2.45) is 0 Å². The second kappa shape index (κ2) is 6.10. The van der Waals surface area contributed by atoms with Gasteiger partial charge in [-0.15, -0.1) is 0 Å². The van der Waals surface area contributed by atoms with E-state index in [2.05, 4.69) is 5.16 Å². The molecule has 0 spiro atoms. The van der Waals surface area contributed by atoms with Gasteiger partial charge in [-0.3, -0.25) is 10.1 Å². The van der Waals surface area contributed by atoms with Crippen molar-refractivity contribution in [3.63, 3.8) is 0 Å². The molecule has 0 saturated carbocycles. The molecule has 0 fully saturated rings. The van der Waals surface area contributed by atoms with E-state index in [9.17, 15) is 10.1 Å². The van der Waals surface area contributed by atoms with Crippen molar-refractivity contribution in [3.05, 3.63) is 68.7 Å². The molecule has 2 aromatic heterocycles. The van der Waals surface area contributed by atoms with Crippen LogP contribution in [0.1, 0.15) is 17.2 Å². The number of nitro groups is 1. The van der Waals surface area contributed by atoms with Gasteiger partial charge < -0.3 is 8.94 Å². The number of furan rings is 1. The van der Waals surface area contributed by atoms with Crippen molar-refractivity contribution in [2.75, 3.05) is 0 Å². The lowest BCUT2D eigenvalue weighted by Gasteiger charge is -1.96. The predicted molar refractivity (Wildman–Crippen MR) is 86.0 cm³/mol. The van der Waals surface area contributed by atoms with Crippen LogP contribution >= 0.6 is 11.6 Å². The molecule has 6 nitrogen and oxygen atoms in total. The van der Waals surface area contributed by atoms with Crippen molar-refractivity contribution in [1.82, 2.24) is 5.16 Å². The van der Waals surface area contributed by atoms with Crippen LogP contribution in [0.3, 0.4) is 0 Å². The fourth-order valence-corrected chi connectivity index (χ4v) is 2.30. The minimum absolute atomic E-state index is 0.0770. The molecule has 116 valence electrons. The van der Waals surface area contributed by atoms with Gasteiger partial charge >= 0.3 is 5.69 Å². The molecule has 0 saturated heterocycles. The number of hydrogen-bond acceptors (Lipinski definition) is 5. The van der Waals surface area contributed by atoms with E-state index in [4.69, 9.17) is 20.5 Å². The Bertz CT molecular complexity index is 895. The minimum atomic E-state index is -0.523. The average Bonchev–Trinajstić information content (AvgIpc) is 3.11. The smallest absolute Gasteiger partial charge is 0.338 e. The zero-order valence-electron chi connectivity index (χ0n) is 12.0. The summed E-state index contributed by atoms with van der Waals surface area (Å²) in [4.78, 5) is 10.4. The van der Waals surface area contributed by atoms with Crippen molar-refractivity contribution in [2.45, 2.75) is 6.92 Å². The van der Waals surface area contributed by atoms with Crippen molar-refractivity contribution in [3.8, 4) is 11.3 Å². The van der Waals surface area contributed by atoms with Crippen LogP contribution in [0.25, 0.3) is 23.5 Å². The number of aryl methyl sites for hydroxylation is 1. The lowest BCUT2D eigenvalue weighted by Crippen LogP contribution is -1.89.